The van der Waals surface area contributed by atoms with Crippen molar-refractivity contribution in [3.8, 4) is 0 Å². The Hall–Kier alpha value is -0.570. The zero-order valence-electron chi connectivity index (χ0n) is 11.6. The zero-order valence-corrected chi connectivity index (χ0v) is 11.6. The molecule has 0 spiro atoms. The third-order valence-corrected chi connectivity index (χ3v) is 3.17. The van der Waals surface area contributed by atoms with Crippen LogP contribution in [-0.2, 0) is 9.53 Å². The molecule has 2 atom stereocenters. The summed E-state index contributed by atoms with van der Waals surface area (Å²) in [5.74, 6) is -0.199. The van der Waals surface area contributed by atoms with Gasteiger partial charge in [0.2, 0.25) is 0 Å². The molecule has 102 valence electrons. The van der Waals surface area contributed by atoms with E-state index in [0.29, 0.717) is 0 Å². The molecule has 0 aromatic rings. The SMILES string of the molecule is CCCCCC[C@H](O)CCC[C@H](C)C(=O)OC. The number of hydrogen-bond donors (Lipinski definition) is 1. The minimum Gasteiger partial charge on any atom is -0.469 e. The lowest BCUT2D eigenvalue weighted by atomic mass is 10.00. The average Bonchev–Trinajstić information content (AvgIpc) is 2.33. The number of unbranched alkanes of at least 4 members (excludes halogenated alkanes) is 3. The lowest BCUT2D eigenvalue weighted by Gasteiger charge is -2.12. The van der Waals surface area contributed by atoms with Gasteiger partial charge < -0.3 is 9.84 Å². The van der Waals surface area contributed by atoms with E-state index in [9.17, 15) is 9.90 Å². The van der Waals surface area contributed by atoms with E-state index in [2.05, 4.69) is 11.7 Å². The summed E-state index contributed by atoms with van der Waals surface area (Å²) in [7, 11) is 1.42. The smallest absolute Gasteiger partial charge is 0.308 e. The molecule has 0 aliphatic heterocycles. The third-order valence-electron chi connectivity index (χ3n) is 3.17. The minimum atomic E-state index is -0.197. The van der Waals surface area contributed by atoms with E-state index in [1.54, 1.807) is 0 Å². The van der Waals surface area contributed by atoms with Crippen molar-refractivity contribution in [2.24, 2.45) is 5.92 Å². The van der Waals surface area contributed by atoms with Crippen LogP contribution in [0.3, 0.4) is 0 Å². The van der Waals surface area contributed by atoms with E-state index >= 15 is 0 Å². The van der Waals surface area contributed by atoms with Crippen LogP contribution >= 0.6 is 0 Å². The van der Waals surface area contributed by atoms with Gasteiger partial charge in [-0.3, -0.25) is 4.79 Å². The fourth-order valence-electron chi connectivity index (χ4n) is 1.93. The molecule has 0 saturated heterocycles. The summed E-state index contributed by atoms with van der Waals surface area (Å²) in [6.45, 7) is 4.06. The first kappa shape index (κ1) is 16.4. The Labute approximate surface area is 106 Å². The molecular formula is C14H28O3. The van der Waals surface area contributed by atoms with Gasteiger partial charge in [0.25, 0.3) is 0 Å². The van der Waals surface area contributed by atoms with Crippen LogP contribution in [0.2, 0.25) is 0 Å². The number of carbonyl (C=O) groups is 1. The molecule has 0 aliphatic rings. The first-order chi connectivity index (χ1) is 8.11. The van der Waals surface area contributed by atoms with Crippen LogP contribution in [0.4, 0.5) is 0 Å². The maximum atomic E-state index is 11.1. The average molecular weight is 244 g/mol. The number of aliphatic hydroxyl groups is 1. The van der Waals surface area contributed by atoms with Crippen LogP contribution in [0.25, 0.3) is 0 Å². The highest BCUT2D eigenvalue weighted by Gasteiger charge is 2.13. The summed E-state index contributed by atoms with van der Waals surface area (Å²) in [6, 6.07) is 0. The number of carbonyl (C=O) groups excluding carboxylic acids is 1. The molecule has 3 heteroatoms. The predicted octanol–water partition coefficient (Wildman–Crippen LogP) is 3.30. The van der Waals surface area contributed by atoms with E-state index in [-0.39, 0.29) is 18.0 Å². The summed E-state index contributed by atoms with van der Waals surface area (Å²) < 4.78 is 4.66. The Balaban J connectivity index is 3.44. The van der Waals surface area contributed by atoms with Gasteiger partial charge in [-0.2, -0.15) is 0 Å². The van der Waals surface area contributed by atoms with E-state index in [1.807, 2.05) is 6.92 Å². The summed E-state index contributed by atoms with van der Waals surface area (Å²) >= 11 is 0. The molecule has 0 bridgehead atoms. The fraction of sp³-hybridized carbons (Fsp3) is 0.929. The summed E-state index contributed by atoms with van der Waals surface area (Å²) in [4.78, 5) is 11.1. The van der Waals surface area contributed by atoms with Crippen LogP contribution in [-0.4, -0.2) is 24.3 Å². The lowest BCUT2D eigenvalue weighted by Crippen LogP contribution is -2.14. The molecule has 0 amide bonds. The van der Waals surface area contributed by atoms with Gasteiger partial charge in [-0.25, -0.2) is 0 Å². The van der Waals surface area contributed by atoms with Gasteiger partial charge >= 0.3 is 5.97 Å². The van der Waals surface area contributed by atoms with E-state index in [0.717, 1.165) is 32.1 Å². The second-order valence-electron chi connectivity index (χ2n) is 4.86. The van der Waals surface area contributed by atoms with Gasteiger partial charge in [-0.1, -0.05) is 46.0 Å². The molecule has 0 aromatic heterocycles. The molecule has 0 saturated carbocycles. The van der Waals surface area contributed by atoms with Gasteiger partial charge in [-0.05, 0) is 19.3 Å². The van der Waals surface area contributed by atoms with Gasteiger partial charge in [-0.15, -0.1) is 0 Å². The molecule has 0 heterocycles. The first-order valence-electron chi connectivity index (χ1n) is 6.87. The number of aliphatic hydroxyl groups excluding tert-OH is 1. The minimum absolute atomic E-state index is 0.0488. The molecule has 17 heavy (non-hydrogen) atoms. The summed E-state index contributed by atoms with van der Waals surface area (Å²) in [6.07, 6.45) is 8.01. The van der Waals surface area contributed by atoms with Gasteiger partial charge in [0.1, 0.15) is 0 Å². The third kappa shape index (κ3) is 9.16. The summed E-state index contributed by atoms with van der Waals surface area (Å²) in [5.41, 5.74) is 0. The highest BCUT2D eigenvalue weighted by atomic mass is 16.5. The molecule has 0 aliphatic carbocycles. The number of esters is 1. The van der Waals surface area contributed by atoms with E-state index < -0.39 is 0 Å². The lowest BCUT2D eigenvalue weighted by molar-refractivity contribution is -0.145. The second-order valence-corrected chi connectivity index (χ2v) is 4.86. The molecule has 3 nitrogen and oxygen atoms in total. The van der Waals surface area contributed by atoms with Crippen LogP contribution in [0.15, 0.2) is 0 Å². The first-order valence-corrected chi connectivity index (χ1v) is 6.87. The van der Waals surface area contributed by atoms with Crippen LogP contribution < -0.4 is 0 Å². The van der Waals surface area contributed by atoms with Crippen LogP contribution in [0.1, 0.15) is 65.2 Å². The van der Waals surface area contributed by atoms with Gasteiger partial charge in [0.15, 0.2) is 0 Å². The van der Waals surface area contributed by atoms with Crippen molar-refractivity contribution in [3.63, 3.8) is 0 Å². The number of hydrogen-bond acceptors (Lipinski definition) is 3. The molecule has 0 rings (SSSR count). The fourth-order valence-corrected chi connectivity index (χ4v) is 1.93. The van der Waals surface area contributed by atoms with Crippen molar-refractivity contribution in [1.82, 2.24) is 0 Å². The number of ether oxygens (including phenoxy) is 1. The molecule has 0 aromatic carbocycles. The van der Waals surface area contributed by atoms with Crippen molar-refractivity contribution >= 4 is 5.97 Å². The Morgan fingerprint density at radius 3 is 2.35 bits per heavy atom. The normalized spacial score (nSPS) is 14.4. The molecule has 1 N–H and O–H groups in total. The van der Waals surface area contributed by atoms with Gasteiger partial charge in [0.05, 0.1) is 19.1 Å². The Morgan fingerprint density at radius 2 is 1.76 bits per heavy atom. The number of rotatable bonds is 10. The zero-order chi connectivity index (χ0) is 13.1. The Kier molecular flexibility index (Phi) is 10.2. The van der Waals surface area contributed by atoms with Crippen molar-refractivity contribution in [2.75, 3.05) is 7.11 Å². The highest BCUT2D eigenvalue weighted by molar-refractivity contribution is 5.71. The monoisotopic (exact) mass is 244 g/mol. The van der Waals surface area contributed by atoms with Crippen LogP contribution in [0.5, 0.6) is 0 Å². The van der Waals surface area contributed by atoms with E-state index in [1.165, 1.54) is 26.4 Å². The van der Waals surface area contributed by atoms with Crippen molar-refractivity contribution in [1.29, 1.82) is 0 Å². The van der Waals surface area contributed by atoms with E-state index in [4.69, 9.17) is 0 Å². The molecular weight excluding hydrogens is 216 g/mol. The highest BCUT2D eigenvalue weighted by Crippen LogP contribution is 2.14. The number of methoxy groups -OCH3 is 1. The maximum absolute atomic E-state index is 11.1. The van der Waals surface area contributed by atoms with Crippen molar-refractivity contribution < 1.29 is 14.6 Å². The predicted molar refractivity (Wildman–Crippen MR) is 69.8 cm³/mol. The van der Waals surface area contributed by atoms with Crippen molar-refractivity contribution in [2.45, 2.75) is 71.3 Å². The second kappa shape index (κ2) is 10.6. The quantitative estimate of drug-likeness (QED) is 0.474. The van der Waals surface area contributed by atoms with Gasteiger partial charge in [0, 0.05) is 0 Å². The summed E-state index contributed by atoms with van der Waals surface area (Å²) in [5, 5.41) is 9.74. The topological polar surface area (TPSA) is 46.5 Å². The maximum Gasteiger partial charge on any atom is 0.308 e. The standard InChI is InChI=1S/C14H28O3/c1-4-5-6-7-10-13(15)11-8-9-12(2)14(16)17-3/h12-13,15H,4-11H2,1-3H3/t12-,13-/m0/s1. The largest absolute Gasteiger partial charge is 0.469 e. The molecule has 0 radical (unpaired) electrons. The molecule has 0 fully saturated rings. The van der Waals surface area contributed by atoms with Crippen LogP contribution in [0, 0.1) is 5.92 Å². The van der Waals surface area contributed by atoms with Crippen molar-refractivity contribution in [3.05, 3.63) is 0 Å². The Bertz CT molecular complexity index is 192. The molecule has 0 unspecified atom stereocenters. The Morgan fingerprint density at radius 1 is 1.12 bits per heavy atom.